The minimum absolute atomic E-state index is 0.220. The van der Waals surface area contributed by atoms with Gasteiger partial charge in [0, 0.05) is 0 Å². The Balaban J connectivity index is 0.000000338. The molecule has 0 radical (unpaired) electrons. The lowest BCUT2D eigenvalue weighted by Crippen LogP contribution is -2.33. The average Bonchev–Trinajstić information content (AvgIpc) is 2.95. The molecule has 0 saturated carbocycles. The summed E-state index contributed by atoms with van der Waals surface area (Å²) >= 11 is 0. The number of hydrogen-bond donors (Lipinski definition) is 0. The Morgan fingerprint density at radius 1 is 0.556 bits per heavy atom. The Hall–Kier alpha value is -3.22. The summed E-state index contributed by atoms with van der Waals surface area (Å²) < 4.78 is 0. The lowest BCUT2D eigenvalue weighted by molar-refractivity contribution is -0.255. The van der Waals surface area contributed by atoms with Gasteiger partial charge in [0.1, 0.15) is 23.2 Å². The monoisotopic (exact) mass is 496 g/mol. The molecule has 0 heterocycles. The van der Waals surface area contributed by atoms with Gasteiger partial charge in [0.2, 0.25) is 0 Å². The topological polar surface area (TPSA) is 40.1 Å². The molecule has 4 aromatic carbocycles. The third-order valence-electron chi connectivity index (χ3n) is 6.45. The van der Waals surface area contributed by atoms with Crippen LogP contribution in [0.15, 0.2) is 121 Å². The largest absolute Gasteiger partial charge is 0.545 e. The summed E-state index contributed by atoms with van der Waals surface area (Å²) in [5.74, 6) is -1.13. The van der Waals surface area contributed by atoms with Crippen molar-refractivity contribution in [3.05, 3.63) is 127 Å². The van der Waals surface area contributed by atoms with Crippen molar-refractivity contribution in [3.63, 3.8) is 0 Å². The van der Waals surface area contributed by atoms with Crippen LogP contribution in [0.5, 0.6) is 0 Å². The fourth-order valence-electron chi connectivity index (χ4n) is 4.59. The molecule has 0 bridgehead atoms. The average molecular weight is 497 g/mol. The highest BCUT2D eigenvalue weighted by molar-refractivity contribution is 7.95. The van der Waals surface area contributed by atoms with Crippen molar-refractivity contribution in [1.29, 1.82) is 0 Å². The van der Waals surface area contributed by atoms with Gasteiger partial charge in [-0.2, -0.15) is 0 Å². The molecule has 0 amide bonds. The highest BCUT2D eigenvalue weighted by Crippen LogP contribution is 2.55. The first-order valence-corrected chi connectivity index (χ1v) is 15.0. The Morgan fingerprint density at radius 3 is 1.28 bits per heavy atom. The number of benzene rings is 4. The normalized spacial score (nSPS) is 10.8. The molecule has 0 unspecified atom stereocenters. The van der Waals surface area contributed by atoms with E-state index in [0.717, 1.165) is 0 Å². The Labute approximate surface area is 217 Å². The van der Waals surface area contributed by atoms with Crippen LogP contribution in [0.4, 0.5) is 0 Å². The number of carboxylic acids is 1. The zero-order valence-corrected chi connectivity index (χ0v) is 22.2. The van der Waals surface area contributed by atoms with E-state index in [1.807, 2.05) is 0 Å². The van der Waals surface area contributed by atoms with Crippen LogP contribution < -0.4 is 21.0 Å². The molecule has 3 heteroatoms. The Morgan fingerprint density at radius 2 is 0.917 bits per heavy atom. The molecule has 0 spiro atoms. The van der Waals surface area contributed by atoms with Crippen LogP contribution in [0.2, 0.25) is 0 Å². The van der Waals surface area contributed by atoms with Gasteiger partial charge in [-0.1, -0.05) is 118 Å². The molecule has 0 N–H and O–H groups in total. The van der Waals surface area contributed by atoms with E-state index in [9.17, 15) is 9.90 Å². The number of carboxylic acid groups (broad SMARTS) is 1. The molecule has 0 aliphatic heterocycles. The van der Waals surface area contributed by atoms with Gasteiger partial charge < -0.3 is 9.90 Å². The summed E-state index contributed by atoms with van der Waals surface area (Å²) in [6.07, 6.45) is 9.34. The van der Waals surface area contributed by atoms with Gasteiger partial charge in [-0.05, 0) is 54.8 Å². The smallest absolute Gasteiger partial charge is 0.112 e. The lowest BCUT2D eigenvalue weighted by Gasteiger charge is -2.27. The molecular formula is C33H37O2P. The standard InChI is InChI=1S/C26H32P.C7H6O2/c1-2-3-4-5-6-16-23-27(24-17-10-7-11-18-24,25-19-12-8-13-20-25)26-21-14-9-15-22-26;8-7(9)6-4-2-1-3-5-6/h7-15,17-22H,2-6,16,23H2,1H3;1-5H,(H,8,9)/q+1;/p-1. The molecule has 36 heavy (non-hydrogen) atoms. The van der Waals surface area contributed by atoms with E-state index in [1.54, 1.807) is 18.2 Å². The maximum absolute atomic E-state index is 10.1. The van der Waals surface area contributed by atoms with E-state index >= 15 is 0 Å². The number of rotatable bonds is 11. The second-order valence-electron chi connectivity index (χ2n) is 8.96. The van der Waals surface area contributed by atoms with Gasteiger partial charge in [0.25, 0.3) is 0 Å². The first-order chi connectivity index (χ1) is 17.7. The summed E-state index contributed by atoms with van der Waals surface area (Å²) in [4.78, 5) is 10.1. The van der Waals surface area contributed by atoms with E-state index < -0.39 is 13.2 Å². The number of carbonyl (C=O) groups excluding carboxylic acids is 1. The van der Waals surface area contributed by atoms with Crippen LogP contribution in [0.3, 0.4) is 0 Å². The van der Waals surface area contributed by atoms with Crippen LogP contribution >= 0.6 is 7.26 Å². The Bertz CT molecular complexity index is 1030. The molecule has 186 valence electrons. The molecule has 4 rings (SSSR count). The fraction of sp³-hybridized carbons (Fsp3) is 0.242. The number of unbranched alkanes of at least 4 members (excludes halogenated alkanes) is 5. The summed E-state index contributed by atoms with van der Waals surface area (Å²) in [5.41, 5.74) is 0.220. The molecule has 4 aromatic rings. The van der Waals surface area contributed by atoms with Crippen molar-refractivity contribution in [2.24, 2.45) is 0 Å². The van der Waals surface area contributed by atoms with Crippen LogP contribution in [0, 0.1) is 0 Å². The second kappa shape index (κ2) is 15.0. The summed E-state index contributed by atoms with van der Waals surface area (Å²) in [6.45, 7) is 2.29. The third-order valence-corrected chi connectivity index (χ3v) is 11.0. The lowest BCUT2D eigenvalue weighted by atomic mass is 10.1. The van der Waals surface area contributed by atoms with Crippen LogP contribution in [-0.4, -0.2) is 12.1 Å². The second-order valence-corrected chi connectivity index (χ2v) is 12.6. The molecule has 0 aliphatic carbocycles. The van der Waals surface area contributed by atoms with Gasteiger partial charge in [0.05, 0.1) is 12.1 Å². The molecule has 0 fully saturated rings. The van der Waals surface area contributed by atoms with Crippen LogP contribution in [0.25, 0.3) is 0 Å². The Kier molecular flexibility index (Phi) is 11.4. The predicted molar refractivity (Wildman–Crippen MR) is 154 cm³/mol. The maximum atomic E-state index is 10.1. The zero-order valence-electron chi connectivity index (χ0n) is 21.3. The summed E-state index contributed by atoms with van der Waals surface area (Å²) in [7, 11) is -1.61. The molecule has 0 atom stereocenters. The third kappa shape index (κ3) is 7.64. The minimum Gasteiger partial charge on any atom is -0.545 e. The van der Waals surface area contributed by atoms with E-state index in [1.165, 1.54) is 72.7 Å². The van der Waals surface area contributed by atoms with Gasteiger partial charge in [-0.25, -0.2) is 0 Å². The fourth-order valence-corrected chi connectivity index (χ4v) is 9.00. The number of aromatic carboxylic acids is 1. The highest BCUT2D eigenvalue weighted by Gasteiger charge is 2.44. The highest BCUT2D eigenvalue weighted by atomic mass is 31.2. The minimum atomic E-state index is -1.61. The van der Waals surface area contributed by atoms with Crippen LogP contribution in [0.1, 0.15) is 55.8 Å². The van der Waals surface area contributed by atoms with E-state index in [4.69, 9.17) is 0 Å². The van der Waals surface area contributed by atoms with E-state index in [-0.39, 0.29) is 5.56 Å². The van der Waals surface area contributed by atoms with Crippen molar-refractivity contribution < 1.29 is 9.90 Å². The first-order valence-electron chi connectivity index (χ1n) is 13.0. The molecule has 0 aliphatic rings. The van der Waals surface area contributed by atoms with Crippen molar-refractivity contribution in [2.75, 3.05) is 6.16 Å². The first kappa shape index (κ1) is 27.4. The zero-order chi connectivity index (χ0) is 25.5. The maximum Gasteiger partial charge on any atom is 0.112 e. The summed E-state index contributed by atoms with van der Waals surface area (Å²) in [5, 5.41) is 14.6. The molecule has 0 aromatic heterocycles. The van der Waals surface area contributed by atoms with Crippen molar-refractivity contribution in [3.8, 4) is 0 Å². The number of hydrogen-bond acceptors (Lipinski definition) is 2. The SMILES string of the molecule is CCCCCCCC[P+](c1ccccc1)(c1ccccc1)c1ccccc1.O=C([O-])c1ccccc1. The summed E-state index contributed by atoms with van der Waals surface area (Å²) in [6, 6.07) is 41.8. The molecule has 2 nitrogen and oxygen atoms in total. The van der Waals surface area contributed by atoms with Gasteiger partial charge in [-0.3, -0.25) is 0 Å². The van der Waals surface area contributed by atoms with Gasteiger partial charge >= 0.3 is 0 Å². The van der Waals surface area contributed by atoms with Crippen molar-refractivity contribution >= 4 is 29.1 Å². The van der Waals surface area contributed by atoms with Crippen molar-refractivity contribution in [2.45, 2.75) is 45.4 Å². The molecular weight excluding hydrogens is 459 g/mol. The van der Waals surface area contributed by atoms with Gasteiger partial charge in [0.15, 0.2) is 0 Å². The van der Waals surface area contributed by atoms with Crippen molar-refractivity contribution in [1.82, 2.24) is 0 Å². The van der Waals surface area contributed by atoms with Gasteiger partial charge in [-0.15, -0.1) is 0 Å². The number of carbonyl (C=O) groups is 1. The van der Waals surface area contributed by atoms with E-state index in [2.05, 4.69) is 97.9 Å². The molecule has 0 saturated heterocycles. The predicted octanol–water partition coefficient (Wildman–Crippen LogP) is 6.39. The quantitative estimate of drug-likeness (QED) is 0.178. The van der Waals surface area contributed by atoms with E-state index in [0.29, 0.717) is 0 Å². The van der Waals surface area contributed by atoms with Crippen LogP contribution in [-0.2, 0) is 0 Å².